The van der Waals surface area contributed by atoms with Gasteiger partial charge in [-0.3, -0.25) is 4.84 Å². The summed E-state index contributed by atoms with van der Waals surface area (Å²) >= 11 is 0. The largest absolute Gasteiger partial charge is 0.497 e. The molecule has 0 aliphatic rings. The fraction of sp³-hybridized carbons (Fsp3) is 0.500. The molecule has 1 atom stereocenters. The summed E-state index contributed by atoms with van der Waals surface area (Å²) in [6, 6.07) is 8.01. The minimum Gasteiger partial charge on any atom is -0.497 e. The van der Waals surface area contributed by atoms with E-state index in [1.807, 2.05) is 31.2 Å². The molecular formula is C12H19NO3. The Kier molecular flexibility index (Phi) is 5.85. The average molecular weight is 225 g/mol. The Balaban J connectivity index is 2.42. The van der Waals surface area contributed by atoms with Gasteiger partial charge in [0.05, 0.1) is 26.4 Å². The van der Waals surface area contributed by atoms with E-state index < -0.39 is 0 Å². The summed E-state index contributed by atoms with van der Waals surface area (Å²) in [5, 5.41) is 0. The van der Waals surface area contributed by atoms with Crippen molar-refractivity contribution in [2.45, 2.75) is 13.0 Å². The van der Waals surface area contributed by atoms with Crippen LogP contribution in [0.1, 0.15) is 18.5 Å². The van der Waals surface area contributed by atoms with Crippen LogP contribution < -0.4 is 10.2 Å². The van der Waals surface area contributed by atoms with Gasteiger partial charge in [0.2, 0.25) is 0 Å². The van der Waals surface area contributed by atoms with Gasteiger partial charge in [-0.2, -0.15) is 5.48 Å². The van der Waals surface area contributed by atoms with Crippen molar-refractivity contribution in [1.82, 2.24) is 5.48 Å². The molecule has 1 rings (SSSR count). The molecule has 4 nitrogen and oxygen atoms in total. The highest BCUT2D eigenvalue weighted by Gasteiger charge is 2.05. The highest BCUT2D eigenvalue weighted by Crippen LogP contribution is 2.18. The van der Waals surface area contributed by atoms with Crippen molar-refractivity contribution < 1.29 is 14.3 Å². The summed E-state index contributed by atoms with van der Waals surface area (Å²) < 4.78 is 10.0. The molecule has 0 saturated carbocycles. The van der Waals surface area contributed by atoms with Gasteiger partial charge in [0.15, 0.2) is 0 Å². The molecule has 0 saturated heterocycles. The number of benzene rings is 1. The first kappa shape index (κ1) is 13.0. The van der Waals surface area contributed by atoms with Crippen molar-refractivity contribution in [2.75, 3.05) is 27.4 Å². The van der Waals surface area contributed by atoms with E-state index in [0.717, 1.165) is 11.3 Å². The van der Waals surface area contributed by atoms with Crippen LogP contribution in [0.3, 0.4) is 0 Å². The second kappa shape index (κ2) is 7.22. The molecule has 0 aromatic heterocycles. The maximum absolute atomic E-state index is 5.25. The van der Waals surface area contributed by atoms with Gasteiger partial charge in [0.1, 0.15) is 5.75 Å². The summed E-state index contributed by atoms with van der Waals surface area (Å²) in [6.45, 7) is 3.14. The SMILES string of the molecule is COCCONC(C)c1cccc(OC)c1. The molecule has 90 valence electrons. The summed E-state index contributed by atoms with van der Waals surface area (Å²) in [5.41, 5.74) is 4.07. The van der Waals surface area contributed by atoms with E-state index in [4.69, 9.17) is 14.3 Å². The van der Waals surface area contributed by atoms with Gasteiger partial charge in [-0.1, -0.05) is 12.1 Å². The van der Waals surface area contributed by atoms with Crippen LogP contribution in [0.25, 0.3) is 0 Å². The quantitative estimate of drug-likeness (QED) is 0.568. The summed E-state index contributed by atoms with van der Waals surface area (Å²) in [7, 11) is 3.31. The summed E-state index contributed by atoms with van der Waals surface area (Å²) in [5.74, 6) is 0.850. The van der Waals surface area contributed by atoms with E-state index >= 15 is 0 Å². The van der Waals surface area contributed by atoms with Crippen LogP contribution in [-0.4, -0.2) is 27.4 Å². The van der Waals surface area contributed by atoms with Gasteiger partial charge < -0.3 is 9.47 Å². The van der Waals surface area contributed by atoms with E-state index in [1.54, 1.807) is 14.2 Å². The van der Waals surface area contributed by atoms with Gasteiger partial charge in [-0.15, -0.1) is 0 Å². The van der Waals surface area contributed by atoms with Gasteiger partial charge in [0.25, 0.3) is 0 Å². The molecule has 1 N–H and O–H groups in total. The molecule has 0 heterocycles. The Morgan fingerprint density at radius 2 is 2.06 bits per heavy atom. The lowest BCUT2D eigenvalue weighted by Crippen LogP contribution is -2.21. The molecule has 4 heteroatoms. The van der Waals surface area contributed by atoms with Crippen LogP contribution in [0.5, 0.6) is 5.75 Å². The zero-order valence-corrected chi connectivity index (χ0v) is 10.0. The van der Waals surface area contributed by atoms with Crippen LogP contribution in [0.4, 0.5) is 0 Å². The topological polar surface area (TPSA) is 39.7 Å². The molecule has 16 heavy (non-hydrogen) atoms. The lowest BCUT2D eigenvalue weighted by molar-refractivity contribution is -0.00927. The molecule has 0 amide bonds. The Morgan fingerprint density at radius 1 is 1.25 bits per heavy atom. The number of nitrogens with one attached hydrogen (secondary N) is 1. The number of hydroxylamine groups is 1. The van der Waals surface area contributed by atoms with Crippen molar-refractivity contribution in [3.05, 3.63) is 29.8 Å². The molecule has 0 fully saturated rings. The maximum atomic E-state index is 5.25. The highest BCUT2D eigenvalue weighted by molar-refractivity contribution is 5.29. The molecule has 0 aliphatic carbocycles. The van der Waals surface area contributed by atoms with Gasteiger partial charge >= 0.3 is 0 Å². The third kappa shape index (κ3) is 4.18. The summed E-state index contributed by atoms with van der Waals surface area (Å²) in [4.78, 5) is 5.25. The Hall–Kier alpha value is -1.10. The molecule has 1 aromatic rings. The normalized spacial score (nSPS) is 12.4. The molecule has 0 aliphatic heterocycles. The average Bonchev–Trinajstić information content (AvgIpc) is 2.34. The van der Waals surface area contributed by atoms with Crippen molar-refractivity contribution in [3.8, 4) is 5.75 Å². The minimum atomic E-state index is 0.118. The molecule has 0 bridgehead atoms. The van der Waals surface area contributed by atoms with Gasteiger partial charge in [-0.25, -0.2) is 0 Å². The zero-order valence-electron chi connectivity index (χ0n) is 10.0. The Bertz CT molecular complexity index is 304. The van der Waals surface area contributed by atoms with E-state index in [0.29, 0.717) is 13.2 Å². The fourth-order valence-corrected chi connectivity index (χ4v) is 1.29. The first-order valence-electron chi connectivity index (χ1n) is 5.28. The second-order valence-electron chi connectivity index (χ2n) is 3.46. The third-order valence-corrected chi connectivity index (χ3v) is 2.24. The number of hydrogen-bond donors (Lipinski definition) is 1. The van der Waals surface area contributed by atoms with Crippen LogP contribution in [-0.2, 0) is 9.57 Å². The zero-order chi connectivity index (χ0) is 11.8. The Morgan fingerprint density at radius 3 is 2.75 bits per heavy atom. The lowest BCUT2D eigenvalue weighted by atomic mass is 10.1. The third-order valence-electron chi connectivity index (χ3n) is 2.24. The van der Waals surface area contributed by atoms with E-state index in [1.165, 1.54) is 0 Å². The van der Waals surface area contributed by atoms with Crippen molar-refractivity contribution in [3.63, 3.8) is 0 Å². The second-order valence-corrected chi connectivity index (χ2v) is 3.46. The van der Waals surface area contributed by atoms with Gasteiger partial charge in [0, 0.05) is 7.11 Å². The van der Waals surface area contributed by atoms with Crippen molar-refractivity contribution in [1.29, 1.82) is 0 Å². The van der Waals surface area contributed by atoms with E-state index in [9.17, 15) is 0 Å². The smallest absolute Gasteiger partial charge is 0.119 e. The van der Waals surface area contributed by atoms with Crippen LogP contribution in [0, 0.1) is 0 Å². The molecule has 0 spiro atoms. The summed E-state index contributed by atoms with van der Waals surface area (Å²) in [6.07, 6.45) is 0. The fourth-order valence-electron chi connectivity index (χ4n) is 1.29. The van der Waals surface area contributed by atoms with Crippen LogP contribution >= 0.6 is 0 Å². The minimum absolute atomic E-state index is 0.118. The molecule has 1 unspecified atom stereocenters. The van der Waals surface area contributed by atoms with Crippen molar-refractivity contribution >= 4 is 0 Å². The predicted octanol–water partition coefficient (Wildman–Crippen LogP) is 1.92. The number of rotatable bonds is 7. The monoisotopic (exact) mass is 225 g/mol. The molecule has 1 aromatic carbocycles. The maximum Gasteiger partial charge on any atom is 0.119 e. The number of hydrogen-bond acceptors (Lipinski definition) is 4. The van der Waals surface area contributed by atoms with Crippen LogP contribution in [0.2, 0.25) is 0 Å². The van der Waals surface area contributed by atoms with Gasteiger partial charge in [-0.05, 0) is 24.6 Å². The van der Waals surface area contributed by atoms with Crippen molar-refractivity contribution in [2.24, 2.45) is 0 Å². The number of methoxy groups -OCH3 is 2. The number of ether oxygens (including phenoxy) is 2. The highest BCUT2D eigenvalue weighted by atomic mass is 16.7. The first-order valence-corrected chi connectivity index (χ1v) is 5.28. The lowest BCUT2D eigenvalue weighted by Gasteiger charge is -2.14. The van der Waals surface area contributed by atoms with E-state index in [-0.39, 0.29) is 6.04 Å². The first-order chi connectivity index (χ1) is 7.77. The van der Waals surface area contributed by atoms with E-state index in [2.05, 4.69) is 5.48 Å². The standard InChI is InChI=1S/C12H19NO3/c1-10(13-16-8-7-14-2)11-5-4-6-12(9-11)15-3/h4-6,9-10,13H,7-8H2,1-3H3. The van der Waals surface area contributed by atoms with Crippen LogP contribution in [0.15, 0.2) is 24.3 Å². The predicted molar refractivity (Wildman–Crippen MR) is 62.4 cm³/mol. The molecular weight excluding hydrogens is 206 g/mol. The Labute approximate surface area is 96.5 Å². The molecule has 0 radical (unpaired) electrons.